The van der Waals surface area contributed by atoms with Crippen LogP contribution in [0.15, 0.2) is 47.4 Å². The molecule has 5 nitrogen and oxygen atoms in total. The van der Waals surface area contributed by atoms with Crippen LogP contribution < -0.4 is 4.74 Å². The summed E-state index contributed by atoms with van der Waals surface area (Å²) in [6, 6.07) is 11.2. The van der Waals surface area contributed by atoms with Gasteiger partial charge in [-0.15, -0.1) is 0 Å². The maximum atomic E-state index is 12.1. The maximum Gasteiger partial charge on any atom is 0.298 e. The van der Waals surface area contributed by atoms with Gasteiger partial charge < -0.3 is 9.84 Å². The van der Waals surface area contributed by atoms with Crippen molar-refractivity contribution in [3.63, 3.8) is 0 Å². The van der Waals surface area contributed by atoms with E-state index < -0.39 is 10.1 Å². The summed E-state index contributed by atoms with van der Waals surface area (Å²) in [5.74, 6) is 0.0587. The second-order valence-corrected chi connectivity index (χ2v) is 9.43. The second-order valence-electron chi connectivity index (χ2n) is 8.07. The van der Waals surface area contributed by atoms with Gasteiger partial charge in [0.25, 0.3) is 10.1 Å². The van der Waals surface area contributed by atoms with Gasteiger partial charge in [0.2, 0.25) is 0 Å². The van der Waals surface area contributed by atoms with Crippen molar-refractivity contribution in [1.29, 1.82) is 0 Å². The summed E-state index contributed by atoms with van der Waals surface area (Å²) in [5.41, 5.74) is 0.534. The quantitative estimate of drug-likeness (QED) is 0.221. The van der Waals surface area contributed by atoms with Crippen LogP contribution in [0.25, 0.3) is 0 Å². The molecular formula is C25H36O5S. The number of ether oxygens (including phenoxy) is 1. The minimum atomic E-state index is -4.47. The second kappa shape index (κ2) is 13.4. The Balaban J connectivity index is 1.87. The summed E-state index contributed by atoms with van der Waals surface area (Å²) < 4.78 is 39.6. The lowest BCUT2D eigenvalue weighted by Gasteiger charge is -2.14. The van der Waals surface area contributed by atoms with E-state index in [1.165, 1.54) is 63.5 Å². The van der Waals surface area contributed by atoms with Crippen LogP contribution in [0.2, 0.25) is 0 Å². The first-order valence-electron chi connectivity index (χ1n) is 11.5. The molecule has 0 aliphatic rings. The molecular weight excluding hydrogens is 412 g/mol. The van der Waals surface area contributed by atoms with Gasteiger partial charge >= 0.3 is 0 Å². The molecule has 0 aromatic heterocycles. The molecule has 2 rings (SSSR count). The summed E-state index contributed by atoms with van der Waals surface area (Å²) in [5, 5.41) is 9.91. The van der Waals surface area contributed by atoms with E-state index in [4.69, 9.17) is 4.74 Å². The number of aromatic hydroxyl groups is 1. The Labute approximate surface area is 187 Å². The Morgan fingerprint density at radius 1 is 0.742 bits per heavy atom. The third-order valence-electron chi connectivity index (χ3n) is 5.45. The molecule has 0 bridgehead atoms. The number of hydrogen-bond acceptors (Lipinski definition) is 4. The summed E-state index contributed by atoms with van der Waals surface area (Å²) >= 11 is 0. The number of para-hydroxylation sites is 2. The first-order valence-corrected chi connectivity index (χ1v) is 12.9. The van der Waals surface area contributed by atoms with Crippen LogP contribution in [0.5, 0.6) is 17.2 Å². The Bertz CT molecular complexity index is 893. The van der Waals surface area contributed by atoms with Crippen LogP contribution >= 0.6 is 0 Å². The van der Waals surface area contributed by atoms with Crippen molar-refractivity contribution >= 4 is 10.1 Å². The number of hydrogen-bond donors (Lipinski definition) is 2. The molecule has 0 saturated heterocycles. The standard InChI is InChI=1S/C25H36O5S/c1-2-3-4-5-6-7-8-9-10-11-12-16-21-17-15-20-24(25(21)31(27,28)29)30-23-19-14-13-18-22(23)26/h13-15,17-20,26H,2-12,16H2,1H3,(H,27,28,29). The molecule has 2 N–H and O–H groups in total. The van der Waals surface area contributed by atoms with E-state index in [9.17, 15) is 18.1 Å². The number of phenolic OH excluding ortho intramolecular Hbond substituents is 1. The van der Waals surface area contributed by atoms with Gasteiger partial charge in [-0.3, -0.25) is 4.55 Å². The lowest BCUT2D eigenvalue weighted by molar-refractivity contribution is 0.401. The predicted octanol–water partition coefficient (Wildman–Crippen LogP) is 7.28. The highest BCUT2D eigenvalue weighted by Crippen LogP contribution is 2.35. The zero-order chi connectivity index (χ0) is 22.5. The minimum Gasteiger partial charge on any atom is -0.504 e. The molecule has 0 aliphatic heterocycles. The fourth-order valence-corrected chi connectivity index (χ4v) is 4.64. The molecule has 0 aliphatic carbocycles. The molecule has 0 unspecified atom stereocenters. The van der Waals surface area contributed by atoms with E-state index in [1.54, 1.807) is 30.3 Å². The molecule has 0 atom stereocenters. The number of rotatable bonds is 15. The average Bonchev–Trinajstić information content (AvgIpc) is 2.73. The van der Waals surface area contributed by atoms with Crippen LogP contribution in [0.3, 0.4) is 0 Å². The average molecular weight is 449 g/mol. The summed E-state index contributed by atoms with van der Waals surface area (Å²) in [7, 11) is -4.47. The van der Waals surface area contributed by atoms with Gasteiger partial charge in [-0.2, -0.15) is 8.42 Å². The Morgan fingerprint density at radius 3 is 1.87 bits per heavy atom. The fourth-order valence-electron chi connectivity index (χ4n) is 3.77. The zero-order valence-corrected chi connectivity index (χ0v) is 19.4. The highest BCUT2D eigenvalue weighted by atomic mass is 32.2. The first kappa shape index (κ1) is 25.2. The van der Waals surface area contributed by atoms with Crippen LogP contribution in [0, 0.1) is 0 Å². The normalized spacial score (nSPS) is 11.5. The van der Waals surface area contributed by atoms with Crippen molar-refractivity contribution in [1.82, 2.24) is 0 Å². The predicted molar refractivity (Wildman–Crippen MR) is 125 cm³/mol. The van der Waals surface area contributed by atoms with E-state index in [-0.39, 0.29) is 22.1 Å². The summed E-state index contributed by atoms with van der Waals surface area (Å²) in [6.07, 6.45) is 13.9. The largest absolute Gasteiger partial charge is 0.504 e. The van der Waals surface area contributed by atoms with Crippen LogP contribution in [-0.4, -0.2) is 18.1 Å². The fraction of sp³-hybridized carbons (Fsp3) is 0.520. The molecule has 2 aromatic rings. The lowest BCUT2D eigenvalue weighted by Crippen LogP contribution is -2.06. The van der Waals surface area contributed by atoms with Crippen LogP contribution in [0.4, 0.5) is 0 Å². The third-order valence-corrected chi connectivity index (χ3v) is 6.43. The number of phenols is 1. The van der Waals surface area contributed by atoms with Gasteiger partial charge in [-0.25, -0.2) is 0 Å². The van der Waals surface area contributed by atoms with Gasteiger partial charge in [-0.05, 0) is 36.6 Å². The topological polar surface area (TPSA) is 83.8 Å². The van der Waals surface area contributed by atoms with Gasteiger partial charge in [0, 0.05) is 0 Å². The van der Waals surface area contributed by atoms with Gasteiger partial charge in [-0.1, -0.05) is 95.4 Å². The number of unbranched alkanes of at least 4 members (excludes halogenated alkanes) is 10. The molecule has 0 radical (unpaired) electrons. The SMILES string of the molecule is CCCCCCCCCCCCCc1cccc(Oc2ccccc2O)c1S(=O)(=O)O. The number of aryl methyl sites for hydroxylation is 1. The molecule has 0 fully saturated rings. The first-order chi connectivity index (χ1) is 14.9. The van der Waals surface area contributed by atoms with Crippen molar-refractivity contribution in [2.24, 2.45) is 0 Å². The zero-order valence-electron chi connectivity index (χ0n) is 18.6. The third kappa shape index (κ3) is 8.91. The van der Waals surface area contributed by atoms with Crippen LogP contribution in [-0.2, 0) is 16.5 Å². The molecule has 6 heteroatoms. The lowest BCUT2D eigenvalue weighted by atomic mass is 10.0. The summed E-state index contributed by atoms with van der Waals surface area (Å²) in [6.45, 7) is 2.23. The van der Waals surface area contributed by atoms with Crippen LogP contribution in [0.1, 0.15) is 83.1 Å². The van der Waals surface area contributed by atoms with Crippen molar-refractivity contribution in [2.75, 3.05) is 0 Å². The van der Waals surface area contributed by atoms with Crippen molar-refractivity contribution in [3.8, 4) is 17.2 Å². The monoisotopic (exact) mass is 448 g/mol. The van der Waals surface area contributed by atoms with E-state index in [1.807, 2.05) is 0 Å². The van der Waals surface area contributed by atoms with Crippen molar-refractivity contribution in [3.05, 3.63) is 48.0 Å². The van der Waals surface area contributed by atoms with E-state index in [0.717, 1.165) is 19.3 Å². The highest BCUT2D eigenvalue weighted by Gasteiger charge is 2.22. The molecule has 0 saturated carbocycles. The van der Waals surface area contributed by atoms with Crippen molar-refractivity contribution in [2.45, 2.75) is 88.9 Å². The van der Waals surface area contributed by atoms with Gasteiger partial charge in [0.1, 0.15) is 10.6 Å². The Hall–Kier alpha value is -2.05. The maximum absolute atomic E-state index is 12.1. The molecule has 0 amide bonds. The van der Waals surface area contributed by atoms with Gasteiger partial charge in [0.05, 0.1) is 0 Å². The van der Waals surface area contributed by atoms with E-state index >= 15 is 0 Å². The number of benzene rings is 2. The smallest absolute Gasteiger partial charge is 0.298 e. The Morgan fingerprint density at radius 2 is 1.29 bits per heavy atom. The molecule has 0 spiro atoms. The molecule has 31 heavy (non-hydrogen) atoms. The van der Waals surface area contributed by atoms with E-state index in [0.29, 0.717) is 12.0 Å². The summed E-state index contributed by atoms with van der Waals surface area (Å²) in [4.78, 5) is -0.217. The van der Waals surface area contributed by atoms with Crippen molar-refractivity contribution < 1.29 is 22.8 Å². The van der Waals surface area contributed by atoms with E-state index in [2.05, 4.69) is 6.92 Å². The molecule has 0 heterocycles. The highest BCUT2D eigenvalue weighted by molar-refractivity contribution is 7.86. The van der Waals surface area contributed by atoms with Gasteiger partial charge in [0.15, 0.2) is 11.5 Å². The molecule has 2 aromatic carbocycles. The molecule has 172 valence electrons. The minimum absolute atomic E-state index is 0.0181. The Kier molecular flexibility index (Phi) is 10.9.